The molecule has 1 heterocycles. The SMILES string of the molecule is CNc1ncnc(NCc2ccccc2Br)c1[N+](=O)[O-]. The molecule has 2 aromatic rings. The Morgan fingerprint density at radius 1 is 1.30 bits per heavy atom. The van der Waals surface area contributed by atoms with Gasteiger partial charge in [0.25, 0.3) is 0 Å². The van der Waals surface area contributed by atoms with E-state index < -0.39 is 4.92 Å². The van der Waals surface area contributed by atoms with Gasteiger partial charge in [0.2, 0.25) is 11.6 Å². The lowest BCUT2D eigenvalue weighted by Crippen LogP contribution is -2.08. The lowest BCUT2D eigenvalue weighted by atomic mass is 10.2. The van der Waals surface area contributed by atoms with Gasteiger partial charge in [0.1, 0.15) is 6.33 Å². The van der Waals surface area contributed by atoms with Crippen LogP contribution in [0.2, 0.25) is 0 Å². The van der Waals surface area contributed by atoms with Crippen LogP contribution in [0.15, 0.2) is 35.1 Å². The Labute approximate surface area is 123 Å². The second-order valence-corrected chi connectivity index (χ2v) is 4.73. The molecule has 0 radical (unpaired) electrons. The maximum absolute atomic E-state index is 11.1. The summed E-state index contributed by atoms with van der Waals surface area (Å²) in [5.74, 6) is 0.365. The van der Waals surface area contributed by atoms with Gasteiger partial charge in [0.15, 0.2) is 0 Å². The first-order valence-corrected chi connectivity index (χ1v) is 6.57. The largest absolute Gasteiger partial charge is 0.367 e. The lowest BCUT2D eigenvalue weighted by molar-refractivity contribution is -0.383. The van der Waals surface area contributed by atoms with E-state index in [-0.39, 0.29) is 17.3 Å². The predicted molar refractivity (Wildman–Crippen MR) is 79.7 cm³/mol. The first-order valence-electron chi connectivity index (χ1n) is 5.78. The van der Waals surface area contributed by atoms with Crippen molar-refractivity contribution in [1.29, 1.82) is 0 Å². The highest BCUT2D eigenvalue weighted by molar-refractivity contribution is 9.10. The van der Waals surface area contributed by atoms with Crippen LogP contribution >= 0.6 is 15.9 Å². The first-order chi connectivity index (χ1) is 9.63. The standard InChI is InChI=1S/C12H12BrN5O2/c1-14-11-10(18(19)20)12(17-7-16-11)15-6-8-4-2-3-5-9(8)13/h2-5,7H,6H2,1H3,(H2,14,15,16,17). The monoisotopic (exact) mass is 337 g/mol. The molecule has 1 aromatic carbocycles. The third kappa shape index (κ3) is 3.02. The summed E-state index contributed by atoms with van der Waals surface area (Å²) in [7, 11) is 1.58. The second-order valence-electron chi connectivity index (χ2n) is 3.87. The van der Waals surface area contributed by atoms with Crippen LogP contribution in [-0.2, 0) is 6.54 Å². The molecule has 104 valence electrons. The summed E-state index contributed by atoms with van der Waals surface area (Å²) in [6, 6.07) is 7.63. The van der Waals surface area contributed by atoms with E-state index in [1.54, 1.807) is 7.05 Å². The highest BCUT2D eigenvalue weighted by Gasteiger charge is 2.21. The van der Waals surface area contributed by atoms with Gasteiger partial charge in [-0.25, -0.2) is 9.97 Å². The molecule has 0 atom stereocenters. The van der Waals surface area contributed by atoms with Gasteiger partial charge in [-0.3, -0.25) is 10.1 Å². The lowest BCUT2D eigenvalue weighted by Gasteiger charge is -2.09. The van der Waals surface area contributed by atoms with E-state index in [2.05, 4.69) is 36.5 Å². The molecule has 2 N–H and O–H groups in total. The van der Waals surface area contributed by atoms with Gasteiger partial charge >= 0.3 is 5.69 Å². The van der Waals surface area contributed by atoms with Crippen LogP contribution in [-0.4, -0.2) is 21.9 Å². The van der Waals surface area contributed by atoms with Gasteiger partial charge in [-0.05, 0) is 11.6 Å². The van der Waals surface area contributed by atoms with Gasteiger partial charge in [-0.2, -0.15) is 0 Å². The molecule has 0 fully saturated rings. The zero-order valence-corrected chi connectivity index (χ0v) is 12.2. The Morgan fingerprint density at radius 2 is 2.00 bits per heavy atom. The third-order valence-electron chi connectivity index (χ3n) is 2.65. The van der Waals surface area contributed by atoms with Gasteiger partial charge in [-0.1, -0.05) is 34.1 Å². The predicted octanol–water partition coefficient (Wildman–Crippen LogP) is 2.80. The van der Waals surface area contributed by atoms with Crippen molar-refractivity contribution in [2.45, 2.75) is 6.54 Å². The zero-order chi connectivity index (χ0) is 14.5. The molecule has 0 aliphatic rings. The smallest absolute Gasteiger partial charge is 0.353 e. The number of hydrogen-bond acceptors (Lipinski definition) is 6. The normalized spacial score (nSPS) is 10.1. The van der Waals surface area contributed by atoms with Crippen LogP contribution in [0.3, 0.4) is 0 Å². The molecule has 0 saturated carbocycles. The van der Waals surface area contributed by atoms with Crippen LogP contribution in [0.1, 0.15) is 5.56 Å². The minimum absolute atomic E-state index is 0.165. The summed E-state index contributed by atoms with van der Waals surface area (Å²) in [6.45, 7) is 0.419. The summed E-state index contributed by atoms with van der Waals surface area (Å²) in [5, 5.41) is 16.8. The molecule has 0 unspecified atom stereocenters. The Morgan fingerprint density at radius 3 is 2.65 bits per heavy atom. The number of halogens is 1. The minimum Gasteiger partial charge on any atom is -0.367 e. The van der Waals surface area contributed by atoms with Gasteiger partial charge in [-0.15, -0.1) is 0 Å². The van der Waals surface area contributed by atoms with Crippen LogP contribution in [0.4, 0.5) is 17.3 Å². The minimum atomic E-state index is -0.506. The van der Waals surface area contributed by atoms with Crippen LogP contribution in [0, 0.1) is 10.1 Å². The molecule has 0 amide bonds. The molecular weight excluding hydrogens is 326 g/mol. The van der Waals surface area contributed by atoms with Gasteiger partial charge < -0.3 is 10.6 Å². The molecule has 8 heteroatoms. The Bertz CT molecular complexity index is 635. The number of nitro groups is 1. The number of aromatic nitrogens is 2. The quantitative estimate of drug-likeness (QED) is 0.643. The number of anilines is 2. The summed E-state index contributed by atoms with van der Waals surface area (Å²) >= 11 is 3.43. The van der Waals surface area contributed by atoms with Crippen molar-refractivity contribution in [3.8, 4) is 0 Å². The number of nitrogens with one attached hydrogen (secondary N) is 2. The summed E-state index contributed by atoms with van der Waals surface area (Å²) < 4.78 is 0.929. The van der Waals surface area contributed by atoms with Gasteiger partial charge in [0, 0.05) is 18.1 Å². The van der Waals surface area contributed by atoms with E-state index in [4.69, 9.17) is 0 Å². The molecular formula is C12H12BrN5O2. The number of benzene rings is 1. The first kappa shape index (κ1) is 14.2. The van der Waals surface area contributed by atoms with Crippen molar-refractivity contribution in [3.63, 3.8) is 0 Å². The van der Waals surface area contributed by atoms with Crippen molar-refractivity contribution in [3.05, 3.63) is 50.7 Å². The van der Waals surface area contributed by atoms with E-state index in [1.165, 1.54) is 6.33 Å². The van der Waals surface area contributed by atoms with E-state index >= 15 is 0 Å². The fraction of sp³-hybridized carbons (Fsp3) is 0.167. The Hall–Kier alpha value is -2.22. The number of nitrogens with zero attached hydrogens (tertiary/aromatic N) is 3. The zero-order valence-electron chi connectivity index (χ0n) is 10.6. The van der Waals surface area contributed by atoms with Crippen molar-refractivity contribution in [2.24, 2.45) is 0 Å². The van der Waals surface area contributed by atoms with Crippen molar-refractivity contribution in [2.75, 3.05) is 17.7 Å². The molecule has 0 aliphatic heterocycles. The Kier molecular flexibility index (Phi) is 4.46. The molecule has 2 rings (SSSR count). The third-order valence-corrected chi connectivity index (χ3v) is 3.42. The van der Waals surface area contributed by atoms with Crippen molar-refractivity contribution >= 4 is 33.3 Å². The molecule has 0 spiro atoms. The van der Waals surface area contributed by atoms with E-state index in [0.717, 1.165) is 10.0 Å². The average Bonchev–Trinajstić information content (AvgIpc) is 2.45. The van der Waals surface area contributed by atoms with E-state index in [1.807, 2.05) is 24.3 Å². The molecule has 0 bridgehead atoms. The Balaban J connectivity index is 2.26. The highest BCUT2D eigenvalue weighted by atomic mass is 79.9. The highest BCUT2D eigenvalue weighted by Crippen LogP contribution is 2.29. The summed E-state index contributed by atoms with van der Waals surface area (Å²) in [6.07, 6.45) is 1.28. The average molecular weight is 338 g/mol. The maximum atomic E-state index is 11.1. The number of hydrogen-bond donors (Lipinski definition) is 2. The second kappa shape index (κ2) is 6.29. The van der Waals surface area contributed by atoms with E-state index in [0.29, 0.717) is 6.54 Å². The van der Waals surface area contributed by atoms with Crippen LogP contribution in [0.5, 0.6) is 0 Å². The van der Waals surface area contributed by atoms with Gasteiger partial charge in [0.05, 0.1) is 4.92 Å². The van der Waals surface area contributed by atoms with Crippen molar-refractivity contribution < 1.29 is 4.92 Å². The topological polar surface area (TPSA) is 93.0 Å². The van der Waals surface area contributed by atoms with Crippen molar-refractivity contribution in [1.82, 2.24) is 9.97 Å². The fourth-order valence-electron chi connectivity index (χ4n) is 1.68. The van der Waals surface area contributed by atoms with Crippen LogP contribution < -0.4 is 10.6 Å². The number of rotatable bonds is 5. The molecule has 0 saturated heterocycles. The molecule has 1 aromatic heterocycles. The molecule has 7 nitrogen and oxygen atoms in total. The fourth-order valence-corrected chi connectivity index (χ4v) is 2.11. The maximum Gasteiger partial charge on any atom is 0.353 e. The summed E-state index contributed by atoms with van der Waals surface area (Å²) in [4.78, 5) is 18.4. The molecule has 20 heavy (non-hydrogen) atoms. The summed E-state index contributed by atoms with van der Waals surface area (Å²) in [5.41, 5.74) is 0.813. The van der Waals surface area contributed by atoms with E-state index in [9.17, 15) is 10.1 Å². The molecule has 0 aliphatic carbocycles. The van der Waals surface area contributed by atoms with Crippen LogP contribution in [0.25, 0.3) is 0 Å².